The third-order valence-corrected chi connectivity index (χ3v) is 1.73. The van der Waals surface area contributed by atoms with Crippen molar-refractivity contribution in [3.8, 4) is 0 Å². The van der Waals surface area contributed by atoms with Gasteiger partial charge in [0.2, 0.25) is 0 Å². The zero-order valence-corrected chi connectivity index (χ0v) is 8.03. The number of carbonyl (C=O) groups is 1. The second-order valence-corrected chi connectivity index (χ2v) is 3.00. The third-order valence-electron chi connectivity index (χ3n) is 1.73. The van der Waals surface area contributed by atoms with E-state index in [1.54, 1.807) is 0 Å². The predicted molar refractivity (Wildman–Crippen MR) is 48.5 cm³/mol. The maximum atomic E-state index is 12.6. The first kappa shape index (κ1) is 12.4. The molecule has 4 nitrogen and oxygen atoms in total. The molecule has 1 aromatic heterocycles. The zero-order chi connectivity index (χ0) is 12.1. The smallest absolute Gasteiger partial charge is 0.265 e. The van der Waals surface area contributed by atoms with E-state index in [0.29, 0.717) is 0 Å². The summed E-state index contributed by atoms with van der Waals surface area (Å²) < 4.78 is 36.4. The number of pyridine rings is 1. The van der Waals surface area contributed by atoms with Gasteiger partial charge in [-0.3, -0.25) is 9.78 Å². The van der Waals surface area contributed by atoms with Crippen LogP contribution in [0, 0.1) is 5.82 Å². The van der Waals surface area contributed by atoms with E-state index in [1.807, 2.05) is 5.32 Å². The SMILES string of the molecule is O=C(NCC(O)C(F)F)c1cncc(F)c1. The summed E-state index contributed by atoms with van der Waals surface area (Å²) in [7, 11) is 0. The summed E-state index contributed by atoms with van der Waals surface area (Å²) >= 11 is 0. The number of nitrogens with one attached hydrogen (secondary N) is 1. The number of amides is 1. The largest absolute Gasteiger partial charge is 0.385 e. The molecule has 0 saturated carbocycles. The number of hydrogen-bond acceptors (Lipinski definition) is 3. The number of hydrogen-bond donors (Lipinski definition) is 2. The Balaban J connectivity index is 2.53. The molecular formula is C9H9F3N2O2. The van der Waals surface area contributed by atoms with Crippen molar-refractivity contribution in [1.82, 2.24) is 10.3 Å². The number of halogens is 3. The van der Waals surface area contributed by atoms with E-state index < -0.39 is 30.8 Å². The molecule has 1 heterocycles. The van der Waals surface area contributed by atoms with Crippen LogP contribution >= 0.6 is 0 Å². The van der Waals surface area contributed by atoms with Crippen LogP contribution in [0.4, 0.5) is 13.2 Å². The Bertz CT molecular complexity index is 374. The van der Waals surface area contributed by atoms with Crippen LogP contribution in [-0.4, -0.2) is 35.1 Å². The maximum Gasteiger partial charge on any atom is 0.265 e. The molecule has 0 radical (unpaired) electrons. The van der Waals surface area contributed by atoms with Crippen LogP contribution in [0.25, 0.3) is 0 Å². The zero-order valence-electron chi connectivity index (χ0n) is 8.03. The normalized spacial score (nSPS) is 12.6. The summed E-state index contributed by atoms with van der Waals surface area (Å²) in [6.07, 6.45) is -2.88. The Morgan fingerprint density at radius 1 is 1.50 bits per heavy atom. The van der Waals surface area contributed by atoms with Gasteiger partial charge in [0.25, 0.3) is 12.3 Å². The van der Waals surface area contributed by atoms with Crippen molar-refractivity contribution in [3.63, 3.8) is 0 Å². The molecule has 1 aromatic rings. The lowest BCUT2D eigenvalue weighted by molar-refractivity contribution is -0.00270. The van der Waals surface area contributed by atoms with E-state index in [-0.39, 0.29) is 5.56 Å². The van der Waals surface area contributed by atoms with Gasteiger partial charge in [0.05, 0.1) is 11.8 Å². The highest BCUT2D eigenvalue weighted by Gasteiger charge is 2.18. The van der Waals surface area contributed by atoms with Gasteiger partial charge in [0, 0.05) is 12.7 Å². The minimum atomic E-state index is -2.94. The monoisotopic (exact) mass is 234 g/mol. The summed E-state index contributed by atoms with van der Waals surface area (Å²) in [6.45, 7) is -0.604. The van der Waals surface area contributed by atoms with Gasteiger partial charge in [0.15, 0.2) is 0 Å². The highest BCUT2D eigenvalue weighted by atomic mass is 19.3. The molecule has 1 amide bonds. The Morgan fingerprint density at radius 2 is 2.19 bits per heavy atom. The van der Waals surface area contributed by atoms with Crippen LogP contribution in [0.5, 0.6) is 0 Å². The van der Waals surface area contributed by atoms with Gasteiger partial charge >= 0.3 is 0 Å². The van der Waals surface area contributed by atoms with E-state index in [9.17, 15) is 18.0 Å². The van der Waals surface area contributed by atoms with E-state index in [4.69, 9.17) is 5.11 Å². The van der Waals surface area contributed by atoms with Crippen LogP contribution in [0.1, 0.15) is 10.4 Å². The second kappa shape index (κ2) is 5.45. The lowest BCUT2D eigenvalue weighted by Gasteiger charge is -2.10. The number of aliphatic hydroxyl groups is 1. The number of carbonyl (C=O) groups excluding carboxylic acids is 1. The molecule has 7 heteroatoms. The van der Waals surface area contributed by atoms with Crippen molar-refractivity contribution >= 4 is 5.91 Å². The van der Waals surface area contributed by atoms with Gasteiger partial charge in [-0.05, 0) is 6.07 Å². The van der Waals surface area contributed by atoms with Gasteiger partial charge in [-0.15, -0.1) is 0 Å². The van der Waals surface area contributed by atoms with Crippen molar-refractivity contribution < 1.29 is 23.1 Å². The predicted octanol–water partition coefficient (Wildman–Crippen LogP) is 0.577. The summed E-state index contributed by atoms with van der Waals surface area (Å²) in [5.74, 6) is -1.48. The van der Waals surface area contributed by atoms with Crippen molar-refractivity contribution in [2.75, 3.05) is 6.54 Å². The lowest BCUT2D eigenvalue weighted by atomic mass is 10.2. The molecule has 0 aromatic carbocycles. The molecule has 2 N–H and O–H groups in total. The first-order valence-corrected chi connectivity index (χ1v) is 4.35. The average molecular weight is 234 g/mol. The molecular weight excluding hydrogens is 225 g/mol. The fourth-order valence-corrected chi connectivity index (χ4v) is 0.924. The highest BCUT2D eigenvalue weighted by molar-refractivity contribution is 5.93. The molecule has 0 spiro atoms. The minimum Gasteiger partial charge on any atom is -0.385 e. The van der Waals surface area contributed by atoms with Crippen LogP contribution in [-0.2, 0) is 0 Å². The van der Waals surface area contributed by atoms with Crippen molar-refractivity contribution in [3.05, 3.63) is 29.8 Å². The number of aromatic nitrogens is 1. The molecule has 88 valence electrons. The van der Waals surface area contributed by atoms with Gasteiger partial charge in [0.1, 0.15) is 11.9 Å². The van der Waals surface area contributed by atoms with E-state index >= 15 is 0 Å². The second-order valence-electron chi connectivity index (χ2n) is 3.00. The van der Waals surface area contributed by atoms with Crippen LogP contribution < -0.4 is 5.32 Å². The summed E-state index contributed by atoms with van der Waals surface area (Å²) in [5.41, 5.74) is -0.0959. The third kappa shape index (κ3) is 3.50. The van der Waals surface area contributed by atoms with Crippen molar-refractivity contribution in [1.29, 1.82) is 0 Å². The Morgan fingerprint density at radius 3 is 2.75 bits per heavy atom. The Labute approximate surface area is 89.1 Å². The molecule has 0 saturated heterocycles. The fourth-order valence-electron chi connectivity index (χ4n) is 0.924. The maximum absolute atomic E-state index is 12.6. The number of alkyl halides is 2. The first-order chi connectivity index (χ1) is 7.50. The molecule has 16 heavy (non-hydrogen) atoms. The van der Waals surface area contributed by atoms with E-state index in [1.165, 1.54) is 0 Å². The standard InChI is InChI=1S/C9H9F3N2O2/c10-6-1-5(2-13-3-6)9(16)14-4-7(15)8(11)12/h1-3,7-8,15H,4H2,(H,14,16). The lowest BCUT2D eigenvalue weighted by Crippen LogP contribution is -2.35. The minimum absolute atomic E-state index is 0.0959. The summed E-state index contributed by atoms with van der Waals surface area (Å²) in [5, 5.41) is 10.8. The fraction of sp³-hybridized carbons (Fsp3) is 0.333. The number of aliphatic hydroxyl groups excluding tert-OH is 1. The van der Waals surface area contributed by atoms with E-state index in [0.717, 1.165) is 18.5 Å². The molecule has 0 aliphatic carbocycles. The molecule has 1 unspecified atom stereocenters. The molecule has 1 atom stereocenters. The van der Waals surface area contributed by atoms with Gasteiger partial charge in [-0.2, -0.15) is 0 Å². The molecule has 0 aliphatic heterocycles. The number of nitrogens with zero attached hydrogens (tertiary/aromatic N) is 1. The van der Waals surface area contributed by atoms with Crippen LogP contribution in [0.2, 0.25) is 0 Å². The van der Waals surface area contributed by atoms with Gasteiger partial charge in [-0.1, -0.05) is 0 Å². The average Bonchev–Trinajstić information content (AvgIpc) is 2.25. The Hall–Kier alpha value is -1.63. The molecule has 0 fully saturated rings. The topological polar surface area (TPSA) is 62.2 Å². The van der Waals surface area contributed by atoms with Gasteiger partial charge < -0.3 is 10.4 Å². The van der Waals surface area contributed by atoms with Crippen molar-refractivity contribution in [2.45, 2.75) is 12.5 Å². The Kier molecular flexibility index (Phi) is 4.24. The summed E-state index contributed by atoms with van der Waals surface area (Å²) in [4.78, 5) is 14.7. The van der Waals surface area contributed by atoms with Crippen LogP contribution in [0.15, 0.2) is 18.5 Å². The number of rotatable bonds is 4. The highest BCUT2D eigenvalue weighted by Crippen LogP contribution is 2.02. The quantitative estimate of drug-likeness (QED) is 0.800. The molecule has 0 bridgehead atoms. The van der Waals surface area contributed by atoms with E-state index in [2.05, 4.69) is 4.98 Å². The molecule has 1 rings (SSSR count). The summed E-state index contributed by atoms with van der Waals surface area (Å²) in [6, 6.07) is 0.914. The van der Waals surface area contributed by atoms with Gasteiger partial charge in [-0.25, -0.2) is 13.2 Å². The van der Waals surface area contributed by atoms with Crippen LogP contribution in [0.3, 0.4) is 0 Å². The van der Waals surface area contributed by atoms with Crippen molar-refractivity contribution in [2.24, 2.45) is 0 Å². The molecule has 0 aliphatic rings. The first-order valence-electron chi connectivity index (χ1n) is 4.35.